The van der Waals surface area contributed by atoms with E-state index in [0.29, 0.717) is 42.9 Å². The first kappa shape index (κ1) is 15.8. The van der Waals surface area contributed by atoms with Crippen LogP contribution < -0.4 is 5.56 Å². The van der Waals surface area contributed by atoms with Gasteiger partial charge in [-0.1, -0.05) is 18.2 Å². The lowest BCUT2D eigenvalue weighted by Gasteiger charge is -2.27. The van der Waals surface area contributed by atoms with E-state index in [0.717, 1.165) is 6.26 Å². The summed E-state index contributed by atoms with van der Waals surface area (Å²) in [5.74, 6) is -0.280. The molecule has 0 saturated heterocycles. The van der Waals surface area contributed by atoms with E-state index in [2.05, 4.69) is 9.97 Å². The number of sulfone groups is 1. The smallest absolute Gasteiger partial charge is 0.256 e. The van der Waals surface area contributed by atoms with Crippen LogP contribution in [-0.4, -0.2) is 36.1 Å². The summed E-state index contributed by atoms with van der Waals surface area (Å²) in [5, 5.41) is -0.302. The molecule has 0 amide bonds. The molecule has 1 aromatic heterocycles. The summed E-state index contributed by atoms with van der Waals surface area (Å²) in [6, 6.07) is 6.51. The van der Waals surface area contributed by atoms with Gasteiger partial charge in [-0.3, -0.25) is 14.7 Å². The number of aromatic nitrogens is 2. The van der Waals surface area contributed by atoms with Gasteiger partial charge in [0, 0.05) is 37.9 Å². The largest absolute Gasteiger partial charge is 0.297 e. The van der Waals surface area contributed by atoms with Gasteiger partial charge >= 0.3 is 0 Å². The lowest BCUT2D eigenvalue weighted by Crippen LogP contribution is -2.36. The fourth-order valence-corrected chi connectivity index (χ4v) is 3.19. The average molecular weight is 337 g/mol. The van der Waals surface area contributed by atoms with Crippen molar-refractivity contribution in [3.63, 3.8) is 0 Å². The fraction of sp³-hybridized carbons (Fsp3) is 0.333. The van der Waals surface area contributed by atoms with Crippen LogP contribution in [0.1, 0.15) is 16.8 Å². The number of nitrogens with zero attached hydrogens (tertiary/aromatic N) is 2. The van der Waals surface area contributed by atoms with Gasteiger partial charge in [0.05, 0.1) is 11.3 Å². The molecule has 1 aliphatic rings. The van der Waals surface area contributed by atoms with Gasteiger partial charge in [-0.2, -0.15) is 0 Å². The number of benzene rings is 1. The molecule has 0 aliphatic carbocycles. The number of nitrogens with one attached hydrogen (secondary N) is 1. The normalized spacial score (nSPS) is 15.4. The summed E-state index contributed by atoms with van der Waals surface area (Å²) in [4.78, 5) is 20.5. The number of rotatable bonds is 3. The van der Waals surface area contributed by atoms with Gasteiger partial charge < -0.3 is 0 Å². The first-order valence-electron chi connectivity index (χ1n) is 7.12. The van der Waals surface area contributed by atoms with Crippen molar-refractivity contribution in [2.45, 2.75) is 24.7 Å². The first-order valence-corrected chi connectivity index (χ1v) is 9.01. The molecule has 0 fully saturated rings. The molecule has 1 N–H and O–H groups in total. The van der Waals surface area contributed by atoms with E-state index in [-0.39, 0.29) is 11.0 Å². The molecule has 0 unspecified atom stereocenters. The van der Waals surface area contributed by atoms with Crippen molar-refractivity contribution in [1.82, 2.24) is 14.9 Å². The van der Waals surface area contributed by atoms with Gasteiger partial charge in [-0.25, -0.2) is 17.8 Å². The highest BCUT2D eigenvalue weighted by molar-refractivity contribution is 7.90. The lowest BCUT2D eigenvalue weighted by atomic mass is 10.1. The van der Waals surface area contributed by atoms with Crippen LogP contribution in [0.2, 0.25) is 0 Å². The topological polar surface area (TPSA) is 83.1 Å². The summed E-state index contributed by atoms with van der Waals surface area (Å²) < 4.78 is 36.8. The van der Waals surface area contributed by atoms with Gasteiger partial charge in [0.1, 0.15) is 5.82 Å². The van der Waals surface area contributed by atoms with E-state index in [9.17, 15) is 17.6 Å². The van der Waals surface area contributed by atoms with E-state index < -0.39 is 15.4 Å². The van der Waals surface area contributed by atoms with Crippen molar-refractivity contribution >= 4 is 9.84 Å². The van der Waals surface area contributed by atoms with Gasteiger partial charge in [0.25, 0.3) is 5.56 Å². The van der Waals surface area contributed by atoms with Gasteiger partial charge in [-0.15, -0.1) is 0 Å². The monoisotopic (exact) mass is 337 g/mol. The standard InChI is InChI=1S/C15H16FN3O3S/c1-23(21,22)15-17-13-6-7-19(9-11(13)14(20)18-15)8-10-4-2-3-5-12(10)16/h2-5H,6-9H2,1H3,(H,17,18,20). The third-order valence-corrected chi connectivity index (χ3v) is 4.72. The third-order valence-electron chi connectivity index (χ3n) is 3.83. The SMILES string of the molecule is CS(=O)(=O)c1nc2c(c(=O)[nH]1)CN(Cc1ccccc1F)CC2. The summed E-state index contributed by atoms with van der Waals surface area (Å²) in [6.07, 6.45) is 1.46. The number of halogens is 1. The summed E-state index contributed by atoms with van der Waals surface area (Å²) in [7, 11) is -3.56. The Labute approximate surface area is 132 Å². The minimum atomic E-state index is -3.56. The van der Waals surface area contributed by atoms with E-state index in [1.54, 1.807) is 18.2 Å². The third kappa shape index (κ3) is 3.32. The quantitative estimate of drug-likeness (QED) is 0.841. The Morgan fingerprint density at radius 3 is 2.78 bits per heavy atom. The molecule has 2 aromatic rings. The number of aromatic amines is 1. The summed E-state index contributed by atoms with van der Waals surface area (Å²) >= 11 is 0. The molecule has 0 radical (unpaired) electrons. The zero-order chi connectivity index (χ0) is 16.6. The highest BCUT2D eigenvalue weighted by Crippen LogP contribution is 2.18. The summed E-state index contributed by atoms with van der Waals surface area (Å²) in [5.41, 5.74) is 1.06. The molecule has 0 spiro atoms. The van der Waals surface area contributed by atoms with Crippen LogP contribution in [0.25, 0.3) is 0 Å². The van der Waals surface area contributed by atoms with Crippen LogP contribution in [-0.2, 0) is 29.3 Å². The average Bonchev–Trinajstić information content (AvgIpc) is 2.49. The van der Waals surface area contributed by atoms with Crippen molar-refractivity contribution in [2.75, 3.05) is 12.8 Å². The van der Waals surface area contributed by atoms with Crippen molar-refractivity contribution in [3.05, 3.63) is 57.3 Å². The van der Waals surface area contributed by atoms with Gasteiger partial charge in [0.15, 0.2) is 0 Å². The van der Waals surface area contributed by atoms with Crippen LogP contribution in [0.5, 0.6) is 0 Å². The molecular weight excluding hydrogens is 321 g/mol. The molecule has 23 heavy (non-hydrogen) atoms. The van der Waals surface area contributed by atoms with Crippen molar-refractivity contribution in [2.24, 2.45) is 0 Å². The molecule has 1 aromatic carbocycles. The maximum atomic E-state index is 13.7. The van der Waals surface area contributed by atoms with Crippen LogP contribution in [0.4, 0.5) is 4.39 Å². The minimum absolute atomic E-state index is 0.280. The molecule has 0 atom stereocenters. The van der Waals surface area contributed by atoms with Crippen LogP contribution in [0.3, 0.4) is 0 Å². The molecule has 0 bridgehead atoms. The molecule has 8 heteroatoms. The second kappa shape index (κ2) is 5.86. The van der Waals surface area contributed by atoms with E-state index >= 15 is 0 Å². The van der Waals surface area contributed by atoms with Gasteiger partial charge in [-0.05, 0) is 6.07 Å². The molecule has 6 nitrogen and oxygen atoms in total. The minimum Gasteiger partial charge on any atom is -0.297 e. The Kier molecular flexibility index (Phi) is 4.03. The van der Waals surface area contributed by atoms with Gasteiger partial charge in [0.2, 0.25) is 15.0 Å². The number of fused-ring (bicyclic) bond motifs is 1. The molecule has 0 saturated carbocycles. The fourth-order valence-electron chi connectivity index (χ4n) is 2.64. The maximum absolute atomic E-state index is 13.7. The molecular formula is C15H16FN3O3S. The van der Waals surface area contributed by atoms with E-state index in [1.165, 1.54) is 6.07 Å². The maximum Gasteiger partial charge on any atom is 0.256 e. The number of hydrogen-bond donors (Lipinski definition) is 1. The Bertz CT molecular complexity index is 908. The predicted molar refractivity (Wildman–Crippen MR) is 82.2 cm³/mol. The molecule has 3 rings (SSSR count). The Morgan fingerprint density at radius 2 is 2.09 bits per heavy atom. The molecule has 1 aliphatic heterocycles. The van der Waals surface area contributed by atoms with E-state index in [1.807, 2.05) is 4.90 Å². The second-order valence-electron chi connectivity index (χ2n) is 5.62. The Balaban J connectivity index is 1.87. The van der Waals surface area contributed by atoms with Crippen molar-refractivity contribution < 1.29 is 12.8 Å². The second-order valence-corrected chi connectivity index (χ2v) is 7.55. The Morgan fingerprint density at radius 1 is 1.35 bits per heavy atom. The zero-order valence-electron chi connectivity index (χ0n) is 12.5. The van der Waals surface area contributed by atoms with Crippen molar-refractivity contribution in [1.29, 1.82) is 0 Å². The lowest BCUT2D eigenvalue weighted by molar-refractivity contribution is 0.237. The first-order chi connectivity index (χ1) is 10.8. The van der Waals surface area contributed by atoms with Crippen LogP contribution in [0.15, 0.2) is 34.2 Å². The van der Waals surface area contributed by atoms with Crippen LogP contribution >= 0.6 is 0 Å². The number of H-pyrrole nitrogens is 1. The Hall–Kier alpha value is -2.06. The highest BCUT2D eigenvalue weighted by Gasteiger charge is 2.23. The highest BCUT2D eigenvalue weighted by atomic mass is 32.2. The molecule has 2 heterocycles. The predicted octanol–water partition coefficient (Wildman–Crippen LogP) is 0.871. The zero-order valence-corrected chi connectivity index (χ0v) is 13.4. The van der Waals surface area contributed by atoms with Crippen molar-refractivity contribution in [3.8, 4) is 0 Å². The van der Waals surface area contributed by atoms with Crippen LogP contribution in [0, 0.1) is 5.82 Å². The molecule has 122 valence electrons. The summed E-state index contributed by atoms with van der Waals surface area (Å²) in [6.45, 7) is 1.29. The number of hydrogen-bond acceptors (Lipinski definition) is 5. The van der Waals surface area contributed by atoms with E-state index in [4.69, 9.17) is 0 Å².